The van der Waals surface area contributed by atoms with Gasteiger partial charge in [0, 0.05) is 43.2 Å². The van der Waals surface area contributed by atoms with Gasteiger partial charge < -0.3 is 15.4 Å². The summed E-state index contributed by atoms with van der Waals surface area (Å²) in [5.41, 5.74) is 1.34. The highest BCUT2D eigenvalue weighted by atomic mass is 35.5. The van der Waals surface area contributed by atoms with Gasteiger partial charge in [0.05, 0.1) is 6.54 Å². The molecule has 2 heterocycles. The Morgan fingerprint density at radius 3 is 2.53 bits per heavy atom. The van der Waals surface area contributed by atoms with Crippen LogP contribution < -0.4 is 10.6 Å². The summed E-state index contributed by atoms with van der Waals surface area (Å²) in [6.07, 6.45) is 0.972. The first-order valence-electron chi connectivity index (χ1n) is 9.80. The number of amides is 4. The Balaban J connectivity index is 1.37. The van der Waals surface area contributed by atoms with Gasteiger partial charge in [-0.25, -0.2) is 4.79 Å². The van der Waals surface area contributed by atoms with Crippen LogP contribution in [0.4, 0.5) is 4.79 Å². The quantitative estimate of drug-likeness (QED) is 0.718. The molecule has 8 heteroatoms. The summed E-state index contributed by atoms with van der Waals surface area (Å²) < 4.78 is 5.32. The van der Waals surface area contributed by atoms with Crippen LogP contribution in [0, 0.1) is 0 Å². The van der Waals surface area contributed by atoms with Gasteiger partial charge >= 0.3 is 6.03 Å². The summed E-state index contributed by atoms with van der Waals surface area (Å²) in [7, 11) is 0. The lowest BCUT2D eigenvalue weighted by atomic mass is 9.90. The number of nitrogens with zero attached hydrogens (tertiary/aromatic N) is 1. The smallest absolute Gasteiger partial charge is 0.325 e. The zero-order valence-electron chi connectivity index (χ0n) is 16.3. The number of ether oxygens (including phenoxy) is 1. The summed E-state index contributed by atoms with van der Waals surface area (Å²) >= 11 is 5.96. The SMILES string of the molecule is O=C(NCc1cccc(Cl)c1)c1ccc(CN2C(=O)NC3(CCOCC3)C2=O)cc1. The summed E-state index contributed by atoms with van der Waals surface area (Å²) in [6.45, 7) is 1.45. The molecule has 2 N–H and O–H groups in total. The third-order valence-corrected chi connectivity index (χ3v) is 5.73. The van der Waals surface area contributed by atoms with Crippen molar-refractivity contribution in [3.8, 4) is 0 Å². The standard InChI is InChI=1S/C22H22ClN3O4/c23-18-3-1-2-16(12-18)13-24-19(27)17-6-4-15(5-7-17)14-26-20(28)22(25-21(26)29)8-10-30-11-9-22/h1-7,12H,8-11,13-14H2,(H,24,27)(H,25,29). The van der Waals surface area contributed by atoms with Crippen molar-refractivity contribution in [2.24, 2.45) is 0 Å². The molecule has 0 saturated carbocycles. The number of hydrogen-bond donors (Lipinski definition) is 2. The molecule has 0 bridgehead atoms. The number of halogens is 1. The van der Waals surface area contributed by atoms with Crippen LogP contribution in [0.3, 0.4) is 0 Å². The van der Waals surface area contributed by atoms with E-state index >= 15 is 0 Å². The first-order valence-corrected chi connectivity index (χ1v) is 10.2. The summed E-state index contributed by atoms with van der Waals surface area (Å²) in [6, 6.07) is 13.8. The average molecular weight is 428 g/mol. The molecule has 2 aliphatic heterocycles. The van der Waals surface area contributed by atoms with Crippen LogP contribution in [0.25, 0.3) is 0 Å². The normalized spacial score (nSPS) is 17.8. The molecule has 2 aromatic carbocycles. The second-order valence-corrected chi connectivity index (χ2v) is 7.96. The molecular formula is C22H22ClN3O4. The minimum Gasteiger partial charge on any atom is -0.381 e. The molecule has 7 nitrogen and oxygen atoms in total. The highest BCUT2D eigenvalue weighted by molar-refractivity contribution is 6.30. The molecule has 156 valence electrons. The number of rotatable bonds is 5. The summed E-state index contributed by atoms with van der Waals surface area (Å²) in [5, 5.41) is 6.31. The Bertz CT molecular complexity index is 971. The molecule has 0 radical (unpaired) electrons. The van der Waals surface area contributed by atoms with Crippen LogP contribution in [0.2, 0.25) is 5.02 Å². The fraction of sp³-hybridized carbons (Fsp3) is 0.318. The van der Waals surface area contributed by atoms with E-state index in [4.69, 9.17) is 16.3 Å². The molecule has 4 rings (SSSR count). The Hall–Kier alpha value is -2.90. The second-order valence-electron chi connectivity index (χ2n) is 7.53. The Kier molecular flexibility index (Phi) is 5.74. The number of hydrogen-bond acceptors (Lipinski definition) is 4. The number of benzene rings is 2. The highest BCUT2D eigenvalue weighted by Gasteiger charge is 2.51. The number of carbonyl (C=O) groups is 3. The van der Waals surface area contributed by atoms with Crippen molar-refractivity contribution in [1.82, 2.24) is 15.5 Å². The minimum absolute atomic E-state index is 0.164. The van der Waals surface area contributed by atoms with Crippen molar-refractivity contribution in [2.75, 3.05) is 13.2 Å². The number of imide groups is 1. The second kappa shape index (κ2) is 8.45. The largest absolute Gasteiger partial charge is 0.381 e. The van der Waals surface area contributed by atoms with E-state index in [-0.39, 0.29) is 24.4 Å². The van der Waals surface area contributed by atoms with Crippen molar-refractivity contribution in [1.29, 1.82) is 0 Å². The van der Waals surface area contributed by atoms with E-state index in [9.17, 15) is 14.4 Å². The monoisotopic (exact) mass is 427 g/mol. The molecule has 0 aliphatic carbocycles. The lowest BCUT2D eigenvalue weighted by Crippen LogP contribution is -2.51. The minimum atomic E-state index is -0.838. The summed E-state index contributed by atoms with van der Waals surface area (Å²) in [4.78, 5) is 38.8. The van der Waals surface area contributed by atoms with Crippen LogP contribution in [0.5, 0.6) is 0 Å². The lowest BCUT2D eigenvalue weighted by molar-refractivity contribution is -0.134. The Labute approximate surface area is 179 Å². The Morgan fingerprint density at radius 2 is 1.83 bits per heavy atom. The fourth-order valence-corrected chi connectivity index (χ4v) is 3.97. The van der Waals surface area contributed by atoms with E-state index in [0.717, 1.165) is 11.1 Å². The highest BCUT2D eigenvalue weighted by Crippen LogP contribution is 2.29. The molecule has 0 aromatic heterocycles. The van der Waals surface area contributed by atoms with Gasteiger partial charge in [0.1, 0.15) is 5.54 Å². The van der Waals surface area contributed by atoms with Crippen LogP contribution in [0.15, 0.2) is 48.5 Å². The predicted octanol–water partition coefficient (Wildman–Crippen LogP) is 2.87. The number of carbonyl (C=O) groups excluding carboxylic acids is 3. The van der Waals surface area contributed by atoms with Crippen LogP contribution in [0.1, 0.15) is 34.3 Å². The van der Waals surface area contributed by atoms with Crippen molar-refractivity contribution in [3.63, 3.8) is 0 Å². The van der Waals surface area contributed by atoms with Gasteiger partial charge in [0.2, 0.25) is 0 Å². The molecule has 4 amide bonds. The first-order chi connectivity index (χ1) is 14.5. The number of urea groups is 1. The van der Waals surface area contributed by atoms with E-state index < -0.39 is 5.54 Å². The van der Waals surface area contributed by atoms with Gasteiger partial charge in [0.15, 0.2) is 0 Å². The molecule has 2 aliphatic rings. The van der Waals surface area contributed by atoms with Crippen molar-refractivity contribution < 1.29 is 19.1 Å². The third-order valence-electron chi connectivity index (χ3n) is 5.49. The van der Waals surface area contributed by atoms with E-state index in [0.29, 0.717) is 43.2 Å². The molecule has 30 heavy (non-hydrogen) atoms. The predicted molar refractivity (Wildman–Crippen MR) is 111 cm³/mol. The maximum atomic E-state index is 12.8. The van der Waals surface area contributed by atoms with Gasteiger partial charge in [-0.2, -0.15) is 0 Å². The number of nitrogens with one attached hydrogen (secondary N) is 2. The maximum Gasteiger partial charge on any atom is 0.325 e. The molecule has 1 spiro atoms. The van der Waals surface area contributed by atoms with Crippen molar-refractivity contribution in [3.05, 3.63) is 70.2 Å². The van der Waals surface area contributed by atoms with Gasteiger partial charge in [-0.15, -0.1) is 0 Å². The topological polar surface area (TPSA) is 87.7 Å². The van der Waals surface area contributed by atoms with E-state index in [2.05, 4.69) is 10.6 Å². The average Bonchev–Trinajstić information content (AvgIpc) is 2.97. The van der Waals surface area contributed by atoms with Crippen molar-refractivity contribution in [2.45, 2.75) is 31.5 Å². The Morgan fingerprint density at radius 1 is 1.10 bits per heavy atom. The van der Waals surface area contributed by atoms with Gasteiger partial charge in [0.25, 0.3) is 11.8 Å². The first kappa shape index (κ1) is 20.4. The maximum absolute atomic E-state index is 12.8. The molecule has 0 unspecified atom stereocenters. The van der Waals surface area contributed by atoms with Gasteiger partial charge in [-0.05, 0) is 35.4 Å². The third kappa shape index (κ3) is 4.17. The lowest BCUT2D eigenvalue weighted by Gasteiger charge is -2.30. The van der Waals surface area contributed by atoms with Crippen LogP contribution >= 0.6 is 11.6 Å². The molecule has 2 fully saturated rings. The fourth-order valence-electron chi connectivity index (χ4n) is 3.75. The van der Waals surface area contributed by atoms with Gasteiger partial charge in [-0.1, -0.05) is 35.9 Å². The van der Waals surface area contributed by atoms with E-state index in [1.807, 2.05) is 12.1 Å². The van der Waals surface area contributed by atoms with Crippen molar-refractivity contribution >= 4 is 29.4 Å². The molecule has 2 saturated heterocycles. The zero-order valence-corrected chi connectivity index (χ0v) is 17.1. The molecule has 2 aromatic rings. The van der Waals surface area contributed by atoms with E-state index in [1.54, 1.807) is 36.4 Å². The van der Waals surface area contributed by atoms with Crippen LogP contribution in [-0.4, -0.2) is 41.5 Å². The summed E-state index contributed by atoms with van der Waals surface area (Å²) in [5.74, 6) is -0.420. The molecule has 0 atom stereocenters. The molecular weight excluding hydrogens is 406 g/mol. The van der Waals surface area contributed by atoms with Gasteiger partial charge in [-0.3, -0.25) is 14.5 Å². The van der Waals surface area contributed by atoms with E-state index in [1.165, 1.54) is 4.90 Å². The zero-order chi connectivity index (χ0) is 21.1. The van der Waals surface area contributed by atoms with Crippen LogP contribution in [-0.2, 0) is 22.6 Å².